The second-order valence-electron chi connectivity index (χ2n) is 9.91. The predicted molar refractivity (Wildman–Crippen MR) is 138 cm³/mol. The van der Waals surface area contributed by atoms with Gasteiger partial charge in [0, 0.05) is 51.0 Å². The molecule has 1 unspecified atom stereocenters. The van der Waals surface area contributed by atoms with Crippen molar-refractivity contribution >= 4 is 29.2 Å². The van der Waals surface area contributed by atoms with Crippen LogP contribution in [0.3, 0.4) is 0 Å². The van der Waals surface area contributed by atoms with E-state index in [9.17, 15) is 4.79 Å². The van der Waals surface area contributed by atoms with Crippen molar-refractivity contribution in [3.63, 3.8) is 0 Å². The Morgan fingerprint density at radius 1 is 0.943 bits per heavy atom. The number of hydrogen-bond acceptors (Lipinski definition) is 9. The molecule has 0 saturated carbocycles. The number of piperazine rings is 1. The number of hydrogen-bond donors (Lipinski definition) is 2. The van der Waals surface area contributed by atoms with E-state index in [1.807, 2.05) is 18.5 Å². The van der Waals surface area contributed by atoms with E-state index in [1.165, 1.54) is 11.4 Å². The minimum atomic E-state index is -0.269. The van der Waals surface area contributed by atoms with Crippen LogP contribution < -0.4 is 21.0 Å². The molecular weight excluding hydrogens is 442 g/mol. The van der Waals surface area contributed by atoms with Crippen molar-refractivity contribution < 1.29 is 4.79 Å². The molecule has 5 rings (SSSR count). The first kappa shape index (κ1) is 23.7. The van der Waals surface area contributed by atoms with Crippen molar-refractivity contribution in [2.24, 2.45) is 5.84 Å². The first-order valence-electron chi connectivity index (χ1n) is 12.9. The number of carbonyl (C=O) groups is 1. The zero-order chi connectivity index (χ0) is 24.2. The van der Waals surface area contributed by atoms with Crippen molar-refractivity contribution in [2.75, 3.05) is 61.4 Å². The molecule has 35 heavy (non-hydrogen) atoms. The maximum absolute atomic E-state index is 13.2. The minimum Gasteiger partial charge on any atom is -0.368 e. The normalized spacial score (nSPS) is 22.3. The number of likely N-dealkylation sites (N-methyl/N-ethyl adjacent to an activating group) is 1. The summed E-state index contributed by atoms with van der Waals surface area (Å²) >= 11 is 0. The molecular formula is C25H37N9O. The molecule has 2 aromatic heterocycles. The highest BCUT2D eigenvalue weighted by atomic mass is 16.2. The molecule has 3 N–H and O–H groups in total. The van der Waals surface area contributed by atoms with Gasteiger partial charge in [-0.25, -0.2) is 15.8 Å². The Labute approximate surface area is 207 Å². The number of nitrogens with two attached hydrogens (primary N) is 1. The van der Waals surface area contributed by atoms with Crippen molar-refractivity contribution in [2.45, 2.75) is 51.0 Å². The van der Waals surface area contributed by atoms with E-state index < -0.39 is 0 Å². The van der Waals surface area contributed by atoms with Gasteiger partial charge >= 0.3 is 0 Å². The number of pyridine rings is 1. The zero-order valence-corrected chi connectivity index (χ0v) is 20.7. The molecule has 2 aromatic rings. The van der Waals surface area contributed by atoms with E-state index in [2.05, 4.69) is 43.1 Å². The molecule has 2 saturated heterocycles. The zero-order valence-electron chi connectivity index (χ0n) is 20.7. The fourth-order valence-electron chi connectivity index (χ4n) is 5.22. The predicted octanol–water partition coefficient (Wildman–Crippen LogP) is 2.15. The number of carbonyl (C=O) groups excluding carboxylic acids is 1. The van der Waals surface area contributed by atoms with E-state index >= 15 is 0 Å². The lowest BCUT2D eigenvalue weighted by molar-refractivity contribution is -0.133. The summed E-state index contributed by atoms with van der Waals surface area (Å²) in [5, 5.41) is 4.68. The van der Waals surface area contributed by atoms with Gasteiger partial charge in [0.15, 0.2) is 0 Å². The lowest BCUT2D eigenvalue weighted by Crippen LogP contribution is -2.54. The minimum absolute atomic E-state index is 0.00756. The van der Waals surface area contributed by atoms with E-state index in [1.54, 1.807) is 0 Å². The number of rotatable bonds is 3. The molecule has 0 aliphatic carbocycles. The molecule has 188 valence electrons. The molecule has 0 spiro atoms. The summed E-state index contributed by atoms with van der Waals surface area (Å²) in [7, 11) is 2.16. The Morgan fingerprint density at radius 2 is 1.71 bits per heavy atom. The summed E-state index contributed by atoms with van der Waals surface area (Å²) in [6, 6.07) is 3.80. The van der Waals surface area contributed by atoms with Crippen LogP contribution in [0.15, 0.2) is 24.5 Å². The fraction of sp³-hybridized carbons (Fsp3) is 0.600. The maximum atomic E-state index is 13.2. The van der Waals surface area contributed by atoms with Crippen LogP contribution in [-0.4, -0.2) is 83.1 Å². The van der Waals surface area contributed by atoms with Gasteiger partial charge in [0.2, 0.25) is 5.95 Å². The number of amides is 1. The first-order chi connectivity index (χ1) is 17.1. The Balaban J connectivity index is 1.33. The molecule has 0 radical (unpaired) electrons. The van der Waals surface area contributed by atoms with Gasteiger partial charge in [-0.05, 0) is 44.9 Å². The van der Waals surface area contributed by atoms with E-state index in [4.69, 9.17) is 10.8 Å². The van der Waals surface area contributed by atoms with Crippen molar-refractivity contribution in [3.8, 4) is 0 Å². The van der Waals surface area contributed by atoms with Crippen LogP contribution in [0.25, 0.3) is 0 Å². The van der Waals surface area contributed by atoms with Crippen LogP contribution in [0, 0.1) is 0 Å². The summed E-state index contributed by atoms with van der Waals surface area (Å²) in [6.07, 6.45) is 10.7. The van der Waals surface area contributed by atoms with Gasteiger partial charge in [-0.1, -0.05) is 19.3 Å². The quantitative estimate of drug-likeness (QED) is 0.506. The Morgan fingerprint density at radius 3 is 2.49 bits per heavy atom. The standard InChI is InChI=1S/C25H37N9O/c1-31-13-15-32(16-14-31)20-8-10-22(27-18-20)29-25-28-17-19-7-9-21-24(35)34(26)12-6-4-2-3-5-11-33(21)23(19)30-25/h8,10,17-18,21H,2-7,9,11-16,26H2,1H3,(H,27,28,29,30). The average Bonchev–Trinajstić information content (AvgIpc) is 2.91. The van der Waals surface area contributed by atoms with Gasteiger partial charge in [-0.3, -0.25) is 9.80 Å². The molecule has 1 atom stereocenters. The number of aromatic nitrogens is 3. The number of fused-ring (bicyclic) bond motifs is 3. The first-order valence-corrected chi connectivity index (χ1v) is 12.9. The fourth-order valence-corrected chi connectivity index (χ4v) is 5.22. The number of aryl methyl sites for hydroxylation is 1. The van der Waals surface area contributed by atoms with Crippen LogP contribution in [0.1, 0.15) is 44.1 Å². The highest BCUT2D eigenvalue weighted by Gasteiger charge is 2.35. The van der Waals surface area contributed by atoms with E-state index in [0.717, 1.165) is 88.3 Å². The van der Waals surface area contributed by atoms with Crippen LogP contribution in [-0.2, 0) is 11.2 Å². The number of nitrogens with zero attached hydrogens (tertiary/aromatic N) is 7. The summed E-state index contributed by atoms with van der Waals surface area (Å²) < 4.78 is 0. The molecule has 1 amide bonds. The Bertz CT molecular complexity index is 1010. The topological polar surface area (TPSA) is 107 Å². The van der Waals surface area contributed by atoms with Crippen molar-refractivity contribution in [3.05, 3.63) is 30.1 Å². The lowest BCUT2D eigenvalue weighted by Gasteiger charge is -2.38. The number of anilines is 4. The molecule has 10 heteroatoms. The smallest absolute Gasteiger partial charge is 0.259 e. The Hall–Kier alpha value is -2.98. The van der Waals surface area contributed by atoms with Gasteiger partial charge in [0.05, 0.1) is 11.9 Å². The summed E-state index contributed by atoms with van der Waals surface area (Å²) in [4.78, 5) is 34.0. The van der Waals surface area contributed by atoms with Crippen LogP contribution in [0.5, 0.6) is 0 Å². The maximum Gasteiger partial charge on any atom is 0.259 e. The summed E-state index contributed by atoms with van der Waals surface area (Å²) in [6.45, 7) is 5.55. The molecule has 0 aromatic carbocycles. The lowest BCUT2D eigenvalue weighted by atomic mass is 9.98. The van der Waals surface area contributed by atoms with E-state index in [0.29, 0.717) is 18.3 Å². The SMILES string of the molecule is CN1CCN(c2ccc(Nc3ncc4c(n3)N3CCCCCCCN(N)C(=O)C3CC4)nc2)CC1. The van der Waals surface area contributed by atoms with Crippen LogP contribution in [0.4, 0.5) is 23.3 Å². The highest BCUT2D eigenvalue weighted by molar-refractivity contribution is 5.85. The molecule has 5 heterocycles. The molecule has 3 aliphatic heterocycles. The number of nitrogens with one attached hydrogen (secondary N) is 1. The average molecular weight is 480 g/mol. The largest absolute Gasteiger partial charge is 0.368 e. The van der Waals surface area contributed by atoms with Gasteiger partial charge < -0.3 is 20.0 Å². The Kier molecular flexibility index (Phi) is 7.29. The highest BCUT2D eigenvalue weighted by Crippen LogP contribution is 2.31. The third-order valence-corrected chi connectivity index (χ3v) is 7.40. The summed E-state index contributed by atoms with van der Waals surface area (Å²) in [5.74, 6) is 8.18. The van der Waals surface area contributed by atoms with Crippen molar-refractivity contribution in [1.82, 2.24) is 24.9 Å². The monoisotopic (exact) mass is 479 g/mol. The van der Waals surface area contributed by atoms with Crippen LogP contribution in [0.2, 0.25) is 0 Å². The van der Waals surface area contributed by atoms with Gasteiger partial charge in [0.25, 0.3) is 5.91 Å². The third kappa shape index (κ3) is 5.48. The number of hydrazine groups is 1. The van der Waals surface area contributed by atoms with Crippen molar-refractivity contribution in [1.29, 1.82) is 0 Å². The second-order valence-corrected chi connectivity index (χ2v) is 9.91. The third-order valence-electron chi connectivity index (χ3n) is 7.40. The van der Waals surface area contributed by atoms with Gasteiger partial charge in [0.1, 0.15) is 17.7 Å². The van der Waals surface area contributed by atoms with E-state index in [-0.39, 0.29) is 11.9 Å². The second kappa shape index (κ2) is 10.7. The molecule has 10 nitrogen and oxygen atoms in total. The molecule has 0 bridgehead atoms. The van der Waals surface area contributed by atoms with Crippen LogP contribution >= 0.6 is 0 Å². The van der Waals surface area contributed by atoms with Gasteiger partial charge in [-0.2, -0.15) is 4.98 Å². The summed E-state index contributed by atoms with van der Waals surface area (Å²) in [5.41, 5.74) is 2.21. The van der Waals surface area contributed by atoms with Gasteiger partial charge in [-0.15, -0.1) is 0 Å². The molecule has 2 fully saturated rings. The molecule has 3 aliphatic rings.